The number of piperidine rings is 1. The zero-order chi connectivity index (χ0) is 12.0. The summed E-state index contributed by atoms with van der Waals surface area (Å²) in [6, 6.07) is 0. The Morgan fingerprint density at radius 2 is 2.00 bits per heavy atom. The van der Waals surface area contributed by atoms with E-state index in [0.29, 0.717) is 6.61 Å². The molecule has 2 aliphatic heterocycles. The molecule has 6 heteroatoms. The highest BCUT2D eigenvalue weighted by Crippen LogP contribution is 2.20. The van der Waals surface area contributed by atoms with E-state index in [9.17, 15) is 4.79 Å². The number of ether oxygens (including phenoxy) is 1. The summed E-state index contributed by atoms with van der Waals surface area (Å²) >= 11 is 0. The van der Waals surface area contributed by atoms with E-state index in [-0.39, 0.29) is 18.1 Å². The van der Waals surface area contributed by atoms with Crippen molar-refractivity contribution in [1.29, 1.82) is 0 Å². The molecule has 2 rings (SSSR count). The molecule has 1 spiro atoms. The summed E-state index contributed by atoms with van der Waals surface area (Å²) in [5, 5.41) is 13.7. The second-order valence-corrected chi connectivity index (χ2v) is 4.09. The molecule has 0 aromatic heterocycles. The SMILES string of the molecule is CC(=O)O.O=C1COCC2(CCNCC2)N1. The number of carboxylic acid groups (broad SMARTS) is 1. The molecule has 0 bridgehead atoms. The highest BCUT2D eigenvalue weighted by Gasteiger charge is 2.36. The number of hydrogen-bond donors (Lipinski definition) is 3. The molecule has 16 heavy (non-hydrogen) atoms. The first-order valence-electron chi connectivity index (χ1n) is 5.33. The van der Waals surface area contributed by atoms with Crippen molar-refractivity contribution in [3.05, 3.63) is 0 Å². The van der Waals surface area contributed by atoms with Crippen LogP contribution in [-0.4, -0.2) is 48.8 Å². The lowest BCUT2D eigenvalue weighted by molar-refractivity contribution is -0.136. The van der Waals surface area contributed by atoms with E-state index in [1.807, 2.05) is 0 Å². The van der Waals surface area contributed by atoms with Gasteiger partial charge in [-0.15, -0.1) is 0 Å². The first-order chi connectivity index (χ1) is 7.54. The largest absolute Gasteiger partial charge is 0.481 e. The summed E-state index contributed by atoms with van der Waals surface area (Å²) in [4.78, 5) is 20.1. The van der Waals surface area contributed by atoms with Crippen molar-refractivity contribution in [2.75, 3.05) is 26.3 Å². The van der Waals surface area contributed by atoms with Crippen molar-refractivity contribution >= 4 is 11.9 Å². The second kappa shape index (κ2) is 5.81. The van der Waals surface area contributed by atoms with Crippen LogP contribution < -0.4 is 10.6 Å². The number of nitrogens with one attached hydrogen (secondary N) is 2. The highest BCUT2D eigenvalue weighted by atomic mass is 16.5. The van der Waals surface area contributed by atoms with E-state index in [4.69, 9.17) is 14.6 Å². The third-order valence-corrected chi connectivity index (χ3v) is 2.58. The number of carbonyl (C=O) groups is 2. The van der Waals surface area contributed by atoms with Gasteiger partial charge in [0.15, 0.2) is 0 Å². The van der Waals surface area contributed by atoms with Crippen molar-refractivity contribution in [2.24, 2.45) is 0 Å². The number of amides is 1. The number of carboxylic acids is 1. The summed E-state index contributed by atoms with van der Waals surface area (Å²) < 4.78 is 5.24. The van der Waals surface area contributed by atoms with Gasteiger partial charge in [-0.1, -0.05) is 0 Å². The molecule has 0 aliphatic carbocycles. The Kier molecular flexibility index (Phi) is 4.70. The van der Waals surface area contributed by atoms with Crippen LogP contribution in [0.3, 0.4) is 0 Å². The fourth-order valence-electron chi connectivity index (χ4n) is 1.88. The van der Waals surface area contributed by atoms with Gasteiger partial charge in [0.1, 0.15) is 6.61 Å². The van der Waals surface area contributed by atoms with E-state index in [1.165, 1.54) is 0 Å². The standard InChI is InChI=1S/C8H14N2O2.C2H4O2/c11-7-5-12-6-8(10-7)1-3-9-4-2-8;1-2(3)4/h9H,1-6H2,(H,10,11);1H3,(H,3,4). The third-order valence-electron chi connectivity index (χ3n) is 2.58. The Bertz CT molecular complexity index is 252. The van der Waals surface area contributed by atoms with Gasteiger partial charge in [0.25, 0.3) is 5.97 Å². The van der Waals surface area contributed by atoms with Crippen LogP contribution >= 0.6 is 0 Å². The topological polar surface area (TPSA) is 87.7 Å². The summed E-state index contributed by atoms with van der Waals surface area (Å²) in [6.07, 6.45) is 1.97. The van der Waals surface area contributed by atoms with Crippen molar-refractivity contribution < 1.29 is 19.4 Å². The molecule has 0 saturated carbocycles. The predicted molar refractivity (Wildman–Crippen MR) is 57.1 cm³/mol. The van der Waals surface area contributed by atoms with Gasteiger partial charge < -0.3 is 20.5 Å². The molecule has 0 unspecified atom stereocenters. The summed E-state index contributed by atoms with van der Waals surface area (Å²) in [5.41, 5.74) is -0.0550. The van der Waals surface area contributed by atoms with E-state index in [2.05, 4.69) is 10.6 Å². The molecule has 1 amide bonds. The van der Waals surface area contributed by atoms with Gasteiger partial charge in [-0.05, 0) is 25.9 Å². The van der Waals surface area contributed by atoms with E-state index >= 15 is 0 Å². The van der Waals surface area contributed by atoms with Gasteiger partial charge in [-0.25, -0.2) is 0 Å². The molecular weight excluding hydrogens is 212 g/mol. The Balaban J connectivity index is 0.000000280. The molecule has 3 N–H and O–H groups in total. The molecule has 2 aliphatic rings. The predicted octanol–water partition coefficient (Wildman–Crippen LogP) is -0.654. The summed E-state index contributed by atoms with van der Waals surface area (Å²) in [6.45, 7) is 3.95. The van der Waals surface area contributed by atoms with Crippen LogP contribution in [-0.2, 0) is 14.3 Å². The lowest BCUT2D eigenvalue weighted by Gasteiger charge is -2.40. The van der Waals surface area contributed by atoms with Crippen LogP contribution in [0.25, 0.3) is 0 Å². The molecule has 6 nitrogen and oxygen atoms in total. The monoisotopic (exact) mass is 230 g/mol. The first kappa shape index (κ1) is 12.9. The van der Waals surface area contributed by atoms with Crippen molar-refractivity contribution in [3.63, 3.8) is 0 Å². The fraction of sp³-hybridized carbons (Fsp3) is 0.800. The molecule has 2 heterocycles. The Morgan fingerprint density at radius 3 is 2.50 bits per heavy atom. The molecule has 92 valence electrons. The number of aliphatic carboxylic acids is 1. The summed E-state index contributed by atoms with van der Waals surface area (Å²) in [5.74, 6) is -0.803. The molecule has 0 aromatic rings. The van der Waals surface area contributed by atoms with Gasteiger partial charge in [0.05, 0.1) is 12.1 Å². The van der Waals surface area contributed by atoms with Crippen molar-refractivity contribution in [3.8, 4) is 0 Å². The third kappa shape index (κ3) is 4.16. The van der Waals surface area contributed by atoms with Gasteiger partial charge in [0, 0.05) is 6.92 Å². The van der Waals surface area contributed by atoms with E-state index < -0.39 is 5.97 Å². The minimum Gasteiger partial charge on any atom is -0.481 e. The van der Waals surface area contributed by atoms with Gasteiger partial charge >= 0.3 is 0 Å². The van der Waals surface area contributed by atoms with Crippen LogP contribution in [0.15, 0.2) is 0 Å². The Morgan fingerprint density at radius 1 is 1.44 bits per heavy atom. The van der Waals surface area contributed by atoms with Crippen LogP contribution in [0.5, 0.6) is 0 Å². The highest BCUT2D eigenvalue weighted by molar-refractivity contribution is 5.78. The zero-order valence-electron chi connectivity index (χ0n) is 9.41. The average molecular weight is 230 g/mol. The smallest absolute Gasteiger partial charge is 0.300 e. The van der Waals surface area contributed by atoms with Crippen LogP contribution in [0.2, 0.25) is 0 Å². The number of carbonyl (C=O) groups excluding carboxylic acids is 1. The number of hydrogen-bond acceptors (Lipinski definition) is 4. The maximum Gasteiger partial charge on any atom is 0.300 e. The maximum absolute atomic E-state index is 11.1. The van der Waals surface area contributed by atoms with Gasteiger partial charge in [0.2, 0.25) is 5.91 Å². The van der Waals surface area contributed by atoms with Crippen LogP contribution in [0.4, 0.5) is 0 Å². The minimum absolute atomic E-state index is 0.0307. The fourth-order valence-corrected chi connectivity index (χ4v) is 1.88. The molecule has 0 radical (unpaired) electrons. The quantitative estimate of drug-likeness (QED) is 0.514. The molecular formula is C10H18N2O4. The van der Waals surface area contributed by atoms with Crippen molar-refractivity contribution in [2.45, 2.75) is 25.3 Å². The van der Waals surface area contributed by atoms with Crippen LogP contribution in [0.1, 0.15) is 19.8 Å². The average Bonchev–Trinajstić information content (AvgIpc) is 2.17. The van der Waals surface area contributed by atoms with Crippen molar-refractivity contribution in [1.82, 2.24) is 10.6 Å². The molecule has 0 atom stereocenters. The Labute approximate surface area is 94.3 Å². The first-order valence-corrected chi connectivity index (χ1v) is 5.33. The maximum atomic E-state index is 11.1. The lowest BCUT2D eigenvalue weighted by Crippen LogP contribution is -2.61. The summed E-state index contributed by atoms with van der Waals surface area (Å²) in [7, 11) is 0. The minimum atomic E-state index is -0.833. The number of rotatable bonds is 0. The van der Waals surface area contributed by atoms with Gasteiger partial charge in [-0.2, -0.15) is 0 Å². The van der Waals surface area contributed by atoms with E-state index in [0.717, 1.165) is 32.9 Å². The van der Waals surface area contributed by atoms with Gasteiger partial charge in [-0.3, -0.25) is 9.59 Å². The van der Waals surface area contributed by atoms with Crippen LogP contribution in [0, 0.1) is 0 Å². The molecule has 2 saturated heterocycles. The normalized spacial score (nSPS) is 22.9. The van der Waals surface area contributed by atoms with E-state index in [1.54, 1.807) is 0 Å². The second-order valence-electron chi connectivity index (χ2n) is 4.09. The molecule has 0 aromatic carbocycles. The lowest BCUT2D eigenvalue weighted by atomic mass is 9.88. The Hall–Kier alpha value is -1.14. The zero-order valence-corrected chi connectivity index (χ0v) is 9.41. The number of morpholine rings is 1. The molecule has 2 fully saturated rings.